The van der Waals surface area contributed by atoms with Crippen molar-refractivity contribution in [3.8, 4) is 11.5 Å². The molecule has 0 aromatic heterocycles. The van der Waals surface area contributed by atoms with Crippen LogP contribution in [0.5, 0.6) is 11.5 Å². The van der Waals surface area contributed by atoms with Crippen LogP contribution in [-0.4, -0.2) is 31.2 Å². The number of hydrogen-bond donors (Lipinski definition) is 1. The van der Waals surface area contributed by atoms with Gasteiger partial charge >= 0.3 is 5.97 Å². The molecule has 0 heterocycles. The van der Waals surface area contributed by atoms with Crippen LogP contribution < -0.4 is 14.8 Å². The Morgan fingerprint density at radius 1 is 1.07 bits per heavy atom. The molecule has 2 rings (SSSR count). The quantitative estimate of drug-likeness (QED) is 0.653. The van der Waals surface area contributed by atoms with Gasteiger partial charge in [-0.25, -0.2) is 4.79 Å². The number of para-hydroxylation sites is 2. The van der Waals surface area contributed by atoms with E-state index in [9.17, 15) is 9.59 Å². The summed E-state index contributed by atoms with van der Waals surface area (Å²) in [7, 11) is 0. The van der Waals surface area contributed by atoms with Crippen molar-refractivity contribution in [2.75, 3.05) is 18.5 Å². The van der Waals surface area contributed by atoms with Crippen molar-refractivity contribution < 1.29 is 23.8 Å². The fourth-order valence-electron chi connectivity index (χ4n) is 2.09. The molecule has 0 unspecified atom stereocenters. The molecule has 2 aromatic rings. The largest absolute Gasteiger partial charge is 0.490 e. The average molecular weight is 412 g/mol. The molecule has 144 valence electrons. The van der Waals surface area contributed by atoms with Crippen LogP contribution >= 0.6 is 23.2 Å². The molecule has 0 saturated heterocycles. The number of rotatable bonds is 8. The van der Waals surface area contributed by atoms with Crippen molar-refractivity contribution in [1.29, 1.82) is 0 Å². The topological polar surface area (TPSA) is 73.9 Å². The van der Waals surface area contributed by atoms with Gasteiger partial charge < -0.3 is 19.5 Å². The molecule has 0 aliphatic carbocycles. The fraction of sp³-hybridized carbons (Fsp3) is 0.263. The minimum Gasteiger partial charge on any atom is -0.490 e. The fourth-order valence-corrected chi connectivity index (χ4v) is 2.43. The lowest BCUT2D eigenvalue weighted by Crippen LogP contribution is -2.31. The summed E-state index contributed by atoms with van der Waals surface area (Å²) in [6, 6.07) is 11.6. The SMILES string of the molecule is CCOc1ccccc1OCC(=O)O[C@H](C)C(=O)Nc1cc(Cl)ccc1Cl. The van der Waals surface area contributed by atoms with E-state index >= 15 is 0 Å². The molecule has 0 radical (unpaired) electrons. The second-order valence-corrected chi connectivity index (χ2v) is 6.26. The highest BCUT2D eigenvalue weighted by molar-refractivity contribution is 6.35. The minimum absolute atomic E-state index is 0.321. The van der Waals surface area contributed by atoms with E-state index in [4.69, 9.17) is 37.4 Å². The van der Waals surface area contributed by atoms with Crippen molar-refractivity contribution in [3.63, 3.8) is 0 Å². The van der Waals surface area contributed by atoms with Gasteiger partial charge in [-0.3, -0.25) is 4.79 Å². The molecule has 0 aliphatic rings. The number of halogens is 2. The number of ether oxygens (including phenoxy) is 3. The molecule has 0 saturated carbocycles. The van der Waals surface area contributed by atoms with Gasteiger partial charge in [0, 0.05) is 5.02 Å². The van der Waals surface area contributed by atoms with Gasteiger partial charge in [0.25, 0.3) is 5.91 Å². The summed E-state index contributed by atoms with van der Waals surface area (Å²) in [6.45, 7) is 3.39. The van der Waals surface area contributed by atoms with E-state index in [0.717, 1.165) is 0 Å². The number of carbonyl (C=O) groups excluding carboxylic acids is 2. The third kappa shape index (κ3) is 6.34. The molecule has 1 N–H and O–H groups in total. The van der Waals surface area contributed by atoms with Crippen LogP contribution in [-0.2, 0) is 14.3 Å². The van der Waals surface area contributed by atoms with E-state index < -0.39 is 18.0 Å². The Hall–Kier alpha value is -2.44. The Morgan fingerprint density at radius 3 is 2.41 bits per heavy atom. The molecule has 8 heteroatoms. The van der Waals surface area contributed by atoms with Gasteiger partial charge in [0.05, 0.1) is 17.3 Å². The third-order valence-electron chi connectivity index (χ3n) is 3.36. The summed E-state index contributed by atoms with van der Waals surface area (Å²) in [5.74, 6) is -0.295. The van der Waals surface area contributed by atoms with E-state index in [2.05, 4.69) is 5.32 Å². The maximum atomic E-state index is 12.2. The number of anilines is 1. The summed E-state index contributed by atoms with van der Waals surface area (Å²) >= 11 is 11.9. The third-order valence-corrected chi connectivity index (χ3v) is 3.92. The summed E-state index contributed by atoms with van der Waals surface area (Å²) in [5.41, 5.74) is 0.332. The molecule has 0 aliphatic heterocycles. The van der Waals surface area contributed by atoms with Crippen LogP contribution in [0.15, 0.2) is 42.5 Å². The lowest BCUT2D eigenvalue weighted by Gasteiger charge is -2.15. The maximum absolute atomic E-state index is 12.2. The first-order chi connectivity index (χ1) is 12.9. The summed E-state index contributed by atoms with van der Waals surface area (Å²) < 4.78 is 15.9. The normalized spacial score (nSPS) is 11.4. The number of hydrogen-bond acceptors (Lipinski definition) is 5. The monoisotopic (exact) mass is 411 g/mol. The highest BCUT2D eigenvalue weighted by Gasteiger charge is 2.19. The van der Waals surface area contributed by atoms with E-state index in [1.165, 1.54) is 13.0 Å². The Bertz CT molecular complexity index is 812. The summed E-state index contributed by atoms with van der Waals surface area (Å²) in [6.07, 6.45) is -1.04. The molecular weight excluding hydrogens is 393 g/mol. The molecule has 1 amide bonds. The van der Waals surface area contributed by atoms with Crippen LogP contribution in [0.3, 0.4) is 0 Å². The standard InChI is InChI=1S/C19H19Cl2NO5/c1-3-25-16-6-4-5-7-17(16)26-11-18(23)27-12(2)19(24)22-15-10-13(20)8-9-14(15)21/h4-10,12H,3,11H2,1-2H3,(H,22,24)/t12-/m1/s1. The predicted octanol–water partition coefficient (Wildman–Crippen LogP) is 4.34. The molecule has 27 heavy (non-hydrogen) atoms. The molecule has 0 spiro atoms. The minimum atomic E-state index is -1.04. The van der Waals surface area contributed by atoms with Crippen LogP contribution in [0.4, 0.5) is 5.69 Å². The second kappa shape index (κ2) is 10.0. The Kier molecular flexibility index (Phi) is 7.76. The summed E-state index contributed by atoms with van der Waals surface area (Å²) in [5, 5.41) is 3.30. The number of nitrogens with one attached hydrogen (secondary N) is 1. The lowest BCUT2D eigenvalue weighted by atomic mass is 10.3. The van der Waals surface area contributed by atoms with E-state index in [0.29, 0.717) is 33.8 Å². The van der Waals surface area contributed by atoms with Gasteiger partial charge in [0.2, 0.25) is 0 Å². The predicted molar refractivity (Wildman–Crippen MR) is 104 cm³/mol. The zero-order chi connectivity index (χ0) is 19.8. The Balaban J connectivity index is 1.88. The second-order valence-electron chi connectivity index (χ2n) is 5.41. The van der Waals surface area contributed by atoms with Crippen molar-refractivity contribution in [2.45, 2.75) is 20.0 Å². The van der Waals surface area contributed by atoms with Crippen LogP contribution in [0, 0.1) is 0 Å². The van der Waals surface area contributed by atoms with Gasteiger partial charge in [-0.05, 0) is 44.2 Å². The molecule has 1 atom stereocenters. The average Bonchev–Trinajstić information content (AvgIpc) is 2.64. The zero-order valence-corrected chi connectivity index (χ0v) is 16.3. The molecule has 0 fully saturated rings. The first-order valence-corrected chi connectivity index (χ1v) is 8.96. The van der Waals surface area contributed by atoms with Gasteiger partial charge in [-0.1, -0.05) is 35.3 Å². The van der Waals surface area contributed by atoms with Gasteiger partial charge in [-0.2, -0.15) is 0 Å². The van der Waals surface area contributed by atoms with Gasteiger partial charge in [-0.15, -0.1) is 0 Å². The highest BCUT2D eigenvalue weighted by atomic mass is 35.5. The number of amides is 1. The van der Waals surface area contributed by atoms with Crippen LogP contribution in [0.2, 0.25) is 10.0 Å². The van der Waals surface area contributed by atoms with Gasteiger partial charge in [0.1, 0.15) is 0 Å². The smallest absolute Gasteiger partial charge is 0.344 e. The van der Waals surface area contributed by atoms with Crippen LogP contribution in [0.1, 0.15) is 13.8 Å². The zero-order valence-electron chi connectivity index (χ0n) is 14.8. The molecular formula is C19H19Cl2NO5. The lowest BCUT2D eigenvalue weighted by molar-refractivity contribution is -0.155. The molecule has 0 bridgehead atoms. The number of carbonyl (C=O) groups is 2. The van der Waals surface area contributed by atoms with Crippen molar-refractivity contribution in [3.05, 3.63) is 52.5 Å². The Labute approximate surface area is 167 Å². The van der Waals surface area contributed by atoms with Crippen molar-refractivity contribution >= 4 is 40.8 Å². The van der Waals surface area contributed by atoms with Crippen LogP contribution in [0.25, 0.3) is 0 Å². The first kappa shape index (κ1) is 20.9. The Morgan fingerprint density at radius 2 is 1.74 bits per heavy atom. The van der Waals surface area contributed by atoms with E-state index in [1.807, 2.05) is 6.92 Å². The maximum Gasteiger partial charge on any atom is 0.344 e. The van der Waals surface area contributed by atoms with E-state index in [1.54, 1.807) is 36.4 Å². The van der Waals surface area contributed by atoms with Crippen molar-refractivity contribution in [1.82, 2.24) is 0 Å². The highest BCUT2D eigenvalue weighted by Crippen LogP contribution is 2.27. The van der Waals surface area contributed by atoms with Gasteiger partial charge in [0.15, 0.2) is 24.2 Å². The number of benzene rings is 2. The first-order valence-electron chi connectivity index (χ1n) is 8.20. The molecule has 2 aromatic carbocycles. The number of esters is 1. The van der Waals surface area contributed by atoms with Crippen molar-refractivity contribution in [2.24, 2.45) is 0 Å². The summed E-state index contributed by atoms with van der Waals surface area (Å²) in [4.78, 5) is 24.1. The van der Waals surface area contributed by atoms with E-state index in [-0.39, 0.29) is 6.61 Å². The molecule has 6 nitrogen and oxygen atoms in total.